The van der Waals surface area contributed by atoms with Crippen LogP contribution in [0.4, 0.5) is 0 Å². The second-order valence-corrected chi connectivity index (χ2v) is 4.65. The molecule has 1 aromatic carbocycles. The molecule has 0 radical (unpaired) electrons. The van der Waals surface area contributed by atoms with Crippen LogP contribution >= 0.6 is 7.60 Å². The molecule has 2 atom stereocenters. The summed E-state index contributed by atoms with van der Waals surface area (Å²) >= 11 is 0. The van der Waals surface area contributed by atoms with Crippen molar-refractivity contribution in [2.24, 2.45) is 5.73 Å². The summed E-state index contributed by atoms with van der Waals surface area (Å²) in [5.74, 6) is -0.973. The predicted molar refractivity (Wildman–Crippen MR) is 50.2 cm³/mol. The molecule has 0 heterocycles. The zero-order valence-corrected chi connectivity index (χ0v) is 8.15. The van der Waals surface area contributed by atoms with Crippen LogP contribution in [-0.4, -0.2) is 12.0 Å². The van der Waals surface area contributed by atoms with Gasteiger partial charge in [-0.25, -0.2) is 0 Å². The van der Waals surface area contributed by atoms with Gasteiger partial charge in [0.05, 0.1) is 0 Å². The zero-order chi connectivity index (χ0) is 9.90. The quantitative estimate of drug-likeness (QED) is 0.726. The highest BCUT2D eigenvalue weighted by Gasteiger charge is 2.28. The van der Waals surface area contributed by atoms with E-state index in [1.54, 1.807) is 24.3 Å². The molecular formula is C8H12NO3P. The SMILES string of the molecule is COP(=O)(O)C(N)c1ccccc1. The molecule has 4 nitrogen and oxygen atoms in total. The average Bonchev–Trinajstić information content (AvgIpc) is 2.18. The Morgan fingerprint density at radius 2 is 2.00 bits per heavy atom. The summed E-state index contributed by atoms with van der Waals surface area (Å²) in [6.07, 6.45) is 0. The molecule has 3 N–H and O–H groups in total. The van der Waals surface area contributed by atoms with E-state index in [-0.39, 0.29) is 0 Å². The molecule has 0 amide bonds. The fourth-order valence-electron chi connectivity index (χ4n) is 0.952. The third-order valence-corrected chi connectivity index (χ3v) is 3.28. The molecule has 0 spiro atoms. The standard InChI is InChI=1S/C8H12NO3P/c1-12-13(10,11)8(9)7-5-3-2-4-6-7/h2-6,8H,9H2,1H3,(H,10,11). The summed E-state index contributed by atoms with van der Waals surface area (Å²) in [5, 5.41) is 0. The van der Waals surface area contributed by atoms with Crippen molar-refractivity contribution in [2.45, 2.75) is 5.78 Å². The van der Waals surface area contributed by atoms with Crippen LogP contribution in [0.2, 0.25) is 0 Å². The number of nitrogens with two attached hydrogens (primary N) is 1. The van der Waals surface area contributed by atoms with Gasteiger partial charge in [0.15, 0.2) is 0 Å². The van der Waals surface area contributed by atoms with Crippen molar-refractivity contribution < 1.29 is 14.0 Å². The van der Waals surface area contributed by atoms with E-state index in [1.165, 1.54) is 7.11 Å². The maximum atomic E-state index is 11.3. The smallest absolute Gasteiger partial charge is 0.323 e. The molecule has 0 aliphatic rings. The van der Waals surface area contributed by atoms with Gasteiger partial charge in [-0.05, 0) is 5.56 Å². The molecular weight excluding hydrogens is 189 g/mol. The second kappa shape index (κ2) is 4.03. The van der Waals surface area contributed by atoms with E-state index < -0.39 is 13.4 Å². The van der Waals surface area contributed by atoms with Gasteiger partial charge in [0.2, 0.25) is 0 Å². The molecule has 0 bridgehead atoms. The van der Waals surface area contributed by atoms with E-state index >= 15 is 0 Å². The maximum Gasteiger partial charge on any atom is 0.348 e. The van der Waals surface area contributed by atoms with Gasteiger partial charge in [-0.1, -0.05) is 30.3 Å². The monoisotopic (exact) mass is 201 g/mol. The van der Waals surface area contributed by atoms with Crippen molar-refractivity contribution in [1.82, 2.24) is 0 Å². The molecule has 1 rings (SSSR count). The summed E-state index contributed by atoms with van der Waals surface area (Å²) in [6, 6.07) is 8.69. The van der Waals surface area contributed by atoms with Crippen LogP contribution in [0.1, 0.15) is 11.3 Å². The Bertz CT molecular complexity index is 314. The minimum atomic E-state index is -3.71. The van der Waals surface area contributed by atoms with Crippen molar-refractivity contribution in [2.75, 3.05) is 7.11 Å². The summed E-state index contributed by atoms with van der Waals surface area (Å²) < 4.78 is 15.7. The summed E-state index contributed by atoms with van der Waals surface area (Å²) in [5.41, 5.74) is 6.14. The number of hydrogen-bond acceptors (Lipinski definition) is 3. The normalized spacial score (nSPS) is 17.8. The first kappa shape index (κ1) is 10.4. The van der Waals surface area contributed by atoms with Crippen molar-refractivity contribution >= 4 is 7.60 Å². The highest BCUT2D eigenvalue weighted by atomic mass is 31.2. The van der Waals surface area contributed by atoms with E-state index in [1.807, 2.05) is 6.07 Å². The third-order valence-electron chi connectivity index (χ3n) is 1.75. The molecule has 1 aromatic rings. The van der Waals surface area contributed by atoms with Gasteiger partial charge in [-0.3, -0.25) is 4.57 Å². The van der Waals surface area contributed by atoms with E-state index in [0.717, 1.165) is 0 Å². The van der Waals surface area contributed by atoms with Crippen LogP contribution in [0, 0.1) is 0 Å². The first-order valence-electron chi connectivity index (χ1n) is 3.76. The Morgan fingerprint density at radius 3 is 2.46 bits per heavy atom. The van der Waals surface area contributed by atoms with Gasteiger partial charge in [0, 0.05) is 7.11 Å². The topological polar surface area (TPSA) is 72.5 Å². The highest BCUT2D eigenvalue weighted by Crippen LogP contribution is 2.52. The molecule has 0 aliphatic carbocycles. The van der Waals surface area contributed by atoms with Crippen molar-refractivity contribution in [3.05, 3.63) is 35.9 Å². The lowest BCUT2D eigenvalue weighted by molar-refractivity contribution is 0.305. The van der Waals surface area contributed by atoms with E-state index in [2.05, 4.69) is 4.52 Å². The van der Waals surface area contributed by atoms with Crippen molar-refractivity contribution in [3.63, 3.8) is 0 Å². The largest absolute Gasteiger partial charge is 0.348 e. The average molecular weight is 201 g/mol. The van der Waals surface area contributed by atoms with Crippen LogP contribution in [0.25, 0.3) is 0 Å². The molecule has 0 aromatic heterocycles. The van der Waals surface area contributed by atoms with E-state index in [4.69, 9.17) is 5.73 Å². The van der Waals surface area contributed by atoms with Crippen LogP contribution in [0.3, 0.4) is 0 Å². The lowest BCUT2D eigenvalue weighted by atomic mass is 10.2. The highest BCUT2D eigenvalue weighted by molar-refractivity contribution is 7.53. The fraction of sp³-hybridized carbons (Fsp3) is 0.250. The molecule has 5 heteroatoms. The van der Waals surface area contributed by atoms with Crippen molar-refractivity contribution in [1.29, 1.82) is 0 Å². The first-order chi connectivity index (χ1) is 6.08. The number of hydrogen-bond donors (Lipinski definition) is 2. The lowest BCUT2D eigenvalue weighted by Crippen LogP contribution is -2.11. The molecule has 2 unspecified atom stereocenters. The van der Waals surface area contributed by atoms with Gasteiger partial charge in [0.25, 0.3) is 0 Å². The summed E-state index contributed by atoms with van der Waals surface area (Å²) in [7, 11) is -2.54. The fourth-order valence-corrected chi connectivity index (χ4v) is 1.73. The van der Waals surface area contributed by atoms with Gasteiger partial charge in [-0.2, -0.15) is 0 Å². The van der Waals surface area contributed by atoms with Crippen LogP contribution < -0.4 is 5.73 Å². The Morgan fingerprint density at radius 1 is 1.46 bits per heavy atom. The van der Waals surface area contributed by atoms with Crippen molar-refractivity contribution in [3.8, 4) is 0 Å². The minimum Gasteiger partial charge on any atom is -0.323 e. The van der Waals surface area contributed by atoms with Gasteiger partial charge >= 0.3 is 7.60 Å². The van der Waals surface area contributed by atoms with Gasteiger partial charge < -0.3 is 15.2 Å². The third kappa shape index (κ3) is 2.39. The van der Waals surface area contributed by atoms with Crippen LogP contribution in [0.15, 0.2) is 30.3 Å². The Kier molecular flexibility index (Phi) is 3.22. The molecule has 72 valence electrons. The molecule has 0 fully saturated rings. The molecule has 0 saturated carbocycles. The number of rotatable bonds is 3. The van der Waals surface area contributed by atoms with Crippen LogP contribution in [-0.2, 0) is 9.09 Å². The van der Waals surface area contributed by atoms with Crippen LogP contribution in [0.5, 0.6) is 0 Å². The lowest BCUT2D eigenvalue weighted by Gasteiger charge is -2.16. The first-order valence-corrected chi connectivity index (χ1v) is 5.41. The molecule has 0 aliphatic heterocycles. The maximum absolute atomic E-state index is 11.3. The predicted octanol–water partition coefficient (Wildman–Crippen LogP) is 1.48. The zero-order valence-electron chi connectivity index (χ0n) is 7.25. The Hall–Kier alpha value is -0.670. The Labute approximate surface area is 76.9 Å². The summed E-state index contributed by atoms with van der Waals surface area (Å²) in [4.78, 5) is 9.25. The summed E-state index contributed by atoms with van der Waals surface area (Å²) in [6.45, 7) is 0. The van der Waals surface area contributed by atoms with Gasteiger partial charge in [0.1, 0.15) is 5.78 Å². The second-order valence-electron chi connectivity index (χ2n) is 2.60. The Balaban J connectivity index is 2.92. The van der Waals surface area contributed by atoms with E-state index in [9.17, 15) is 9.46 Å². The minimum absolute atomic E-state index is 0.593. The van der Waals surface area contributed by atoms with E-state index in [0.29, 0.717) is 5.56 Å². The molecule has 0 saturated heterocycles. The van der Waals surface area contributed by atoms with Gasteiger partial charge in [-0.15, -0.1) is 0 Å². The number of benzene rings is 1. The molecule has 13 heavy (non-hydrogen) atoms.